The zero-order chi connectivity index (χ0) is 13.1. The molecule has 2 rings (SSSR count). The van der Waals surface area contributed by atoms with Crippen LogP contribution in [-0.4, -0.2) is 37.9 Å². The van der Waals surface area contributed by atoms with Gasteiger partial charge in [0.15, 0.2) is 5.65 Å². The number of hydrazine groups is 1. The van der Waals surface area contributed by atoms with E-state index in [1.165, 1.54) is 0 Å². The molecule has 1 atom stereocenters. The SMILES string of the molecule is CC(C)C(O)CNc1nc(NN)nc2[nH]ncc12. The van der Waals surface area contributed by atoms with Gasteiger partial charge in [-0.05, 0) is 5.92 Å². The average molecular weight is 251 g/mol. The second kappa shape index (κ2) is 5.15. The Morgan fingerprint density at radius 3 is 2.89 bits per heavy atom. The number of anilines is 2. The number of hydrogen-bond donors (Lipinski definition) is 5. The normalized spacial score (nSPS) is 12.9. The van der Waals surface area contributed by atoms with Crippen molar-refractivity contribution in [2.24, 2.45) is 11.8 Å². The molecule has 0 radical (unpaired) electrons. The third-order valence-electron chi connectivity index (χ3n) is 2.69. The Labute approximate surface area is 104 Å². The van der Waals surface area contributed by atoms with Crippen LogP contribution in [-0.2, 0) is 0 Å². The van der Waals surface area contributed by atoms with Crippen molar-refractivity contribution in [3.8, 4) is 0 Å². The molecular formula is C10H17N7O. The standard InChI is InChI=1S/C10H17N7O/c1-5(2)7(18)4-12-8-6-3-13-17-9(6)15-10(14-8)16-11/h3,5,7,18H,4,11H2,1-2H3,(H3,12,13,14,15,16,17). The molecule has 8 heteroatoms. The Hall–Kier alpha value is -1.93. The summed E-state index contributed by atoms with van der Waals surface area (Å²) in [4.78, 5) is 8.30. The third-order valence-corrected chi connectivity index (χ3v) is 2.69. The number of nitrogens with two attached hydrogens (primary N) is 1. The Morgan fingerprint density at radius 2 is 2.22 bits per heavy atom. The van der Waals surface area contributed by atoms with Gasteiger partial charge in [0.25, 0.3) is 0 Å². The van der Waals surface area contributed by atoms with Crippen LogP contribution in [0.5, 0.6) is 0 Å². The smallest absolute Gasteiger partial charge is 0.241 e. The van der Waals surface area contributed by atoms with Crippen LogP contribution in [0, 0.1) is 5.92 Å². The lowest BCUT2D eigenvalue weighted by Gasteiger charge is -2.15. The van der Waals surface area contributed by atoms with Crippen molar-refractivity contribution in [2.75, 3.05) is 17.3 Å². The van der Waals surface area contributed by atoms with Crippen molar-refractivity contribution in [2.45, 2.75) is 20.0 Å². The molecule has 6 N–H and O–H groups in total. The van der Waals surface area contributed by atoms with Crippen LogP contribution in [0.25, 0.3) is 11.0 Å². The van der Waals surface area contributed by atoms with Crippen LogP contribution >= 0.6 is 0 Å². The predicted molar refractivity (Wildman–Crippen MR) is 68.8 cm³/mol. The minimum absolute atomic E-state index is 0.172. The summed E-state index contributed by atoms with van der Waals surface area (Å²) in [5, 5.41) is 20.2. The van der Waals surface area contributed by atoms with Gasteiger partial charge in [-0.2, -0.15) is 15.1 Å². The Morgan fingerprint density at radius 1 is 1.44 bits per heavy atom. The van der Waals surface area contributed by atoms with Gasteiger partial charge in [0, 0.05) is 6.54 Å². The van der Waals surface area contributed by atoms with E-state index in [4.69, 9.17) is 5.84 Å². The molecule has 98 valence electrons. The zero-order valence-electron chi connectivity index (χ0n) is 10.3. The van der Waals surface area contributed by atoms with Gasteiger partial charge in [-0.25, -0.2) is 5.84 Å². The number of aliphatic hydroxyl groups is 1. The number of aliphatic hydroxyl groups excluding tert-OH is 1. The van der Waals surface area contributed by atoms with Crippen molar-refractivity contribution in [3.05, 3.63) is 6.20 Å². The fourth-order valence-electron chi connectivity index (χ4n) is 1.47. The monoisotopic (exact) mass is 251 g/mol. The minimum Gasteiger partial charge on any atom is -0.391 e. The number of H-pyrrole nitrogens is 1. The number of nitrogens with zero attached hydrogens (tertiary/aromatic N) is 3. The maximum Gasteiger partial charge on any atom is 0.241 e. The number of hydrogen-bond acceptors (Lipinski definition) is 7. The molecule has 0 aliphatic carbocycles. The van der Waals surface area contributed by atoms with Crippen LogP contribution in [0.15, 0.2) is 6.20 Å². The Balaban J connectivity index is 2.23. The summed E-state index contributed by atoms with van der Waals surface area (Å²) in [5.74, 6) is 6.34. The van der Waals surface area contributed by atoms with Gasteiger partial charge in [0.2, 0.25) is 5.95 Å². The molecule has 0 saturated heterocycles. The van der Waals surface area contributed by atoms with E-state index in [0.717, 1.165) is 5.39 Å². The van der Waals surface area contributed by atoms with E-state index in [-0.39, 0.29) is 11.9 Å². The highest BCUT2D eigenvalue weighted by Crippen LogP contribution is 2.19. The average Bonchev–Trinajstić information content (AvgIpc) is 2.83. The summed E-state index contributed by atoms with van der Waals surface area (Å²) in [7, 11) is 0. The first-order valence-corrected chi connectivity index (χ1v) is 5.71. The van der Waals surface area contributed by atoms with Crippen molar-refractivity contribution < 1.29 is 5.11 Å². The van der Waals surface area contributed by atoms with Crippen molar-refractivity contribution >= 4 is 22.8 Å². The Bertz CT molecular complexity index is 524. The summed E-state index contributed by atoms with van der Waals surface area (Å²) in [6.45, 7) is 4.30. The topological polar surface area (TPSA) is 125 Å². The largest absolute Gasteiger partial charge is 0.391 e. The molecule has 0 saturated carbocycles. The van der Waals surface area contributed by atoms with E-state index in [1.807, 2.05) is 13.8 Å². The second-order valence-electron chi connectivity index (χ2n) is 4.36. The number of aromatic nitrogens is 4. The van der Waals surface area contributed by atoms with Gasteiger partial charge in [-0.1, -0.05) is 13.8 Å². The van der Waals surface area contributed by atoms with E-state index < -0.39 is 6.10 Å². The maximum atomic E-state index is 9.77. The third kappa shape index (κ3) is 2.49. The maximum absolute atomic E-state index is 9.77. The van der Waals surface area contributed by atoms with E-state index in [2.05, 4.69) is 30.9 Å². The molecule has 1 unspecified atom stereocenters. The lowest BCUT2D eigenvalue weighted by molar-refractivity contribution is 0.138. The van der Waals surface area contributed by atoms with Crippen molar-refractivity contribution in [3.63, 3.8) is 0 Å². The van der Waals surface area contributed by atoms with Crippen LogP contribution in [0.3, 0.4) is 0 Å². The first-order chi connectivity index (χ1) is 8.61. The second-order valence-corrected chi connectivity index (χ2v) is 4.36. The molecule has 8 nitrogen and oxygen atoms in total. The molecule has 0 fully saturated rings. The molecule has 0 aromatic carbocycles. The number of aromatic amines is 1. The number of nitrogen functional groups attached to an aromatic ring is 1. The van der Waals surface area contributed by atoms with E-state index in [9.17, 15) is 5.11 Å². The van der Waals surface area contributed by atoms with Crippen LogP contribution in [0.2, 0.25) is 0 Å². The molecule has 2 aromatic heterocycles. The fourth-order valence-corrected chi connectivity index (χ4v) is 1.47. The lowest BCUT2D eigenvalue weighted by Crippen LogP contribution is -2.25. The van der Waals surface area contributed by atoms with Crippen LogP contribution in [0.4, 0.5) is 11.8 Å². The summed E-state index contributed by atoms with van der Waals surface area (Å²) in [6.07, 6.45) is 1.18. The van der Waals surface area contributed by atoms with Gasteiger partial charge in [-0.3, -0.25) is 10.5 Å². The van der Waals surface area contributed by atoms with Gasteiger partial charge in [0.1, 0.15) is 5.82 Å². The van der Waals surface area contributed by atoms with Crippen LogP contribution < -0.4 is 16.6 Å². The molecule has 0 aliphatic rings. The van der Waals surface area contributed by atoms with Crippen LogP contribution in [0.1, 0.15) is 13.8 Å². The molecule has 0 spiro atoms. The molecule has 0 aliphatic heterocycles. The highest BCUT2D eigenvalue weighted by molar-refractivity contribution is 5.86. The summed E-state index contributed by atoms with van der Waals surface area (Å²) < 4.78 is 0. The van der Waals surface area contributed by atoms with E-state index in [1.54, 1.807) is 6.20 Å². The van der Waals surface area contributed by atoms with Gasteiger partial charge >= 0.3 is 0 Å². The summed E-state index contributed by atoms with van der Waals surface area (Å²) in [5.41, 5.74) is 2.97. The number of fused-ring (bicyclic) bond motifs is 1. The zero-order valence-corrected chi connectivity index (χ0v) is 10.3. The minimum atomic E-state index is -0.448. The van der Waals surface area contributed by atoms with E-state index >= 15 is 0 Å². The molecule has 2 aromatic rings. The summed E-state index contributed by atoms with van der Waals surface area (Å²) in [6, 6.07) is 0. The number of nitrogens with one attached hydrogen (secondary N) is 3. The number of rotatable bonds is 5. The highest BCUT2D eigenvalue weighted by atomic mass is 16.3. The molecule has 0 amide bonds. The van der Waals surface area contributed by atoms with Gasteiger partial charge in [-0.15, -0.1) is 0 Å². The van der Waals surface area contributed by atoms with E-state index in [0.29, 0.717) is 18.0 Å². The Kier molecular flexibility index (Phi) is 3.58. The first kappa shape index (κ1) is 12.5. The quantitative estimate of drug-likeness (QED) is 0.376. The lowest BCUT2D eigenvalue weighted by atomic mass is 10.1. The van der Waals surface area contributed by atoms with Crippen molar-refractivity contribution in [1.82, 2.24) is 20.2 Å². The molecular weight excluding hydrogens is 234 g/mol. The molecule has 0 bridgehead atoms. The van der Waals surface area contributed by atoms with Crippen molar-refractivity contribution in [1.29, 1.82) is 0 Å². The first-order valence-electron chi connectivity index (χ1n) is 5.71. The fraction of sp³-hybridized carbons (Fsp3) is 0.500. The molecule has 2 heterocycles. The predicted octanol–water partition coefficient (Wildman–Crippen LogP) is 0.0673. The van der Waals surface area contributed by atoms with Gasteiger partial charge in [0.05, 0.1) is 17.7 Å². The summed E-state index contributed by atoms with van der Waals surface area (Å²) >= 11 is 0. The highest BCUT2D eigenvalue weighted by Gasteiger charge is 2.12. The molecule has 18 heavy (non-hydrogen) atoms. The van der Waals surface area contributed by atoms with Gasteiger partial charge < -0.3 is 10.4 Å².